The predicted molar refractivity (Wildman–Crippen MR) is 106 cm³/mol. The lowest BCUT2D eigenvalue weighted by molar-refractivity contribution is -0.118. The highest BCUT2D eigenvalue weighted by molar-refractivity contribution is 6.03. The van der Waals surface area contributed by atoms with Crippen LogP contribution in [0.5, 0.6) is 11.5 Å². The molecule has 0 atom stereocenters. The van der Waals surface area contributed by atoms with Crippen LogP contribution < -0.4 is 20.1 Å². The summed E-state index contributed by atoms with van der Waals surface area (Å²) < 4.78 is 10.7. The van der Waals surface area contributed by atoms with E-state index in [1.807, 2.05) is 6.07 Å². The van der Waals surface area contributed by atoms with E-state index in [4.69, 9.17) is 9.47 Å². The fourth-order valence-electron chi connectivity index (χ4n) is 2.45. The largest absolute Gasteiger partial charge is 0.493 e. The Balaban J connectivity index is 1.58. The number of pyridine rings is 1. The fraction of sp³-hybridized carbons (Fsp3) is 0.0952. The summed E-state index contributed by atoms with van der Waals surface area (Å²) >= 11 is 0. The second kappa shape index (κ2) is 9.18. The van der Waals surface area contributed by atoms with E-state index in [0.717, 1.165) is 0 Å². The van der Waals surface area contributed by atoms with Gasteiger partial charge in [0.1, 0.15) is 5.69 Å². The smallest absolute Gasteiger partial charge is 0.274 e. The van der Waals surface area contributed by atoms with E-state index in [1.165, 1.54) is 7.11 Å². The Morgan fingerprint density at radius 1 is 0.893 bits per heavy atom. The Morgan fingerprint density at radius 3 is 2.32 bits per heavy atom. The lowest BCUT2D eigenvalue weighted by atomic mass is 10.2. The number of aromatic nitrogens is 1. The molecular formula is C21H19N3O4. The van der Waals surface area contributed by atoms with Crippen molar-refractivity contribution in [3.63, 3.8) is 0 Å². The summed E-state index contributed by atoms with van der Waals surface area (Å²) in [6.07, 6.45) is 1.55. The van der Waals surface area contributed by atoms with Crippen molar-refractivity contribution in [3.05, 3.63) is 78.6 Å². The van der Waals surface area contributed by atoms with Crippen molar-refractivity contribution in [2.75, 3.05) is 24.4 Å². The molecule has 28 heavy (non-hydrogen) atoms. The number of hydrogen-bond donors (Lipinski definition) is 2. The Bertz CT molecular complexity index is 961. The molecular weight excluding hydrogens is 358 g/mol. The first-order valence-electron chi connectivity index (χ1n) is 8.54. The van der Waals surface area contributed by atoms with Gasteiger partial charge < -0.3 is 20.1 Å². The van der Waals surface area contributed by atoms with Gasteiger partial charge in [-0.15, -0.1) is 0 Å². The van der Waals surface area contributed by atoms with Crippen molar-refractivity contribution in [1.82, 2.24) is 4.98 Å². The molecule has 142 valence electrons. The molecule has 2 N–H and O–H groups in total. The first-order chi connectivity index (χ1) is 13.7. The van der Waals surface area contributed by atoms with Crippen LogP contribution in [0, 0.1) is 0 Å². The molecule has 0 spiro atoms. The number of para-hydroxylation sites is 2. The van der Waals surface area contributed by atoms with Crippen molar-refractivity contribution < 1.29 is 19.1 Å². The van der Waals surface area contributed by atoms with Crippen LogP contribution in [0.3, 0.4) is 0 Å². The number of carbonyl (C=O) groups excluding carboxylic acids is 2. The van der Waals surface area contributed by atoms with Gasteiger partial charge in [-0.3, -0.25) is 14.6 Å². The topological polar surface area (TPSA) is 89.5 Å². The van der Waals surface area contributed by atoms with Gasteiger partial charge >= 0.3 is 0 Å². The van der Waals surface area contributed by atoms with Gasteiger partial charge in [-0.1, -0.05) is 24.3 Å². The number of methoxy groups -OCH3 is 1. The van der Waals surface area contributed by atoms with E-state index in [1.54, 1.807) is 66.9 Å². The van der Waals surface area contributed by atoms with Crippen LogP contribution in [0.2, 0.25) is 0 Å². The maximum absolute atomic E-state index is 12.2. The minimum Gasteiger partial charge on any atom is -0.493 e. The summed E-state index contributed by atoms with van der Waals surface area (Å²) in [7, 11) is 1.53. The van der Waals surface area contributed by atoms with Gasteiger partial charge in [0.2, 0.25) is 0 Å². The molecule has 7 nitrogen and oxygen atoms in total. The molecule has 7 heteroatoms. The number of nitrogens with zero attached hydrogens (tertiary/aromatic N) is 1. The van der Waals surface area contributed by atoms with Crippen LogP contribution in [0.1, 0.15) is 10.5 Å². The highest BCUT2D eigenvalue weighted by Crippen LogP contribution is 2.25. The van der Waals surface area contributed by atoms with Crippen molar-refractivity contribution in [1.29, 1.82) is 0 Å². The Hall–Kier alpha value is -3.87. The summed E-state index contributed by atoms with van der Waals surface area (Å²) in [4.78, 5) is 28.3. The second-order valence-corrected chi connectivity index (χ2v) is 5.74. The number of anilines is 2. The zero-order chi connectivity index (χ0) is 19.8. The summed E-state index contributed by atoms with van der Waals surface area (Å²) in [6, 6.07) is 19.0. The molecule has 0 bridgehead atoms. The average molecular weight is 377 g/mol. The predicted octanol–water partition coefficient (Wildman–Crippen LogP) is 3.36. The summed E-state index contributed by atoms with van der Waals surface area (Å²) in [6.45, 7) is -0.176. The van der Waals surface area contributed by atoms with Gasteiger partial charge in [0.05, 0.1) is 7.11 Å². The molecule has 0 aliphatic heterocycles. The summed E-state index contributed by atoms with van der Waals surface area (Å²) in [5, 5.41) is 5.48. The zero-order valence-corrected chi connectivity index (χ0v) is 15.2. The van der Waals surface area contributed by atoms with E-state index >= 15 is 0 Å². The standard InChI is InChI=1S/C21H19N3O4/c1-27-18-10-2-3-11-19(18)28-14-20(25)23-15-7-6-8-16(13-15)24-21(26)17-9-4-5-12-22-17/h2-13H,14H2,1H3,(H,23,25)(H,24,26). The van der Waals surface area contributed by atoms with Crippen LogP contribution in [0.4, 0.5) is 11.4 Å². The number of benzene rings is 2. The van der Waals surface area contributed by atoms with E-state index in [0.29, 0.717) is 28.6 Å². The zero-order valence-electron chi connectivity index (χ0n) is 15.2. The van der Waals surface area contributed by atoms with Crippen LogP contribution in [0.15, 0.2) is 72.9 Å². The number of hydrogen-bond acceptors (Lipinski definition) is 5. The molecule has 0 fully saturated rings. The van der Waals surface area contributed by atoms with Crippen molar-refractivity contribution in [3.8, 4) is 11.5 Å². The highest BCUT2D eigenvalue weighted by Gasteiger charge is 2.09. The molecule has 3 rings (SSSR count). The van der Waals surface area contributed by atoms with Gasteiger partial charge in [0, 0.05) is 17.6 Å². The van der Waals surface area contributed by atoms with E-state index in [9.17, 15) is 9.59 Å². The van der Waals surface area contributed by atoms with Crippen molar-refractivity contribution in [2.24, 2.45) is 0 Å². The third-order valence-electron chi connectivity index (χ3n) is 3.73. The minimum absolute atomic E-state index is 0.176. The second-order valence-electron chi connectivity index (χ2n) is 5.74. The average Bonchev–Trinajstić information content (AvgIpc) is 2.73. The molecule has 0 aliphatic carbocycles. The number of ether oxygens (including phenoxy) is 2. The third-order valence-corrected chi connectivity index (χ3v) is 3.73. The fourth-order valence-corrected chi connectivity index (χ4v) is 2.45. The number of carbonyl (C=O) groups is 2. The van der Waals surface area contributed by atoms with Gasteiger partial charge in [0.25, 0.3) is 11.8 Å². The summed E-state index contributed by atoms with van der Waals surface area (Å²) in [5.74, 6) is 0.369. The van der Waals surface area contributed by atoms with E-state index in [2.05, 4.69) is 15.6 Å². The Labute approximate surface area is 162 Å². The molecule has 0 saturated carbocycles. The first kappa shape index (κ1) is 18.9. The van der Waals surface area contributed by atoms with Crippen molar-refractivity contribution in [2.45, 2.75) is 0 Å². The maximum atomic E-state index is 12.2. The van der Waals surface area contributed by atoms with Gasteiger partial charge in [0.15, 0.2) is 18.1 Å². The molecule has 0 unspecified atom stereocenters. The number of rotatable bonds is 7. The Kier molecular flexibility index (Phi) is 6.20. The highest BCUT2D eigenvalue weighted by atomic mass is 16.5. The molecule has 0 saturated heterocycles. The SMILES string of the molecule is COc1ccccc1OCC(=O)Nc1cccc(NC(=O)c2ccccn2)c1. The molecule has 1 aromatic heterocycles. The summed E-state index contributed by atoms with van der Waals surface area (Å²) in [5.41, 5.74) is 1.38. The van der Waals surface area contributed by atoms with Gasteiger partial charge in [-0.2, -0.15) is 0 Å². The quantitative estimate of drug-likeness (QED) is 0.659. The lowest BCUT2D eigenvalue weighted by Gasteiger charge is -2.11. The van der Waals surface area contributed by atoms with Crippen LogP contribution in [-0.2, 0) is 4.79 Å². The number of amides is 2. The van der Waals surface area contributed by atoms with Crippen LogP contribution >= 0.6 is 0 Å². The van der Waals surface area contributed by atoms with Crippen LogP contribution in [0.25, 0.3) is 0 Å². The lowest BCUT2D eigenvalue weighted by Crippen LogP contribution is -2.20. The minimum atomic E-state index is -0.334. The number of nitrogens with one attached hydrogen (secondary N) is 2. The van der Waals surface area contributed by atoms with Crippen LogP contribution in [-0.4, -0.2) is 30.5 Å². The van der Waals surface area contributed by atoms with Gasteiger partial charge in [-0.25, -0.2) is 0 Å². The molecule has 2 aromatic carbocycles. The monoisotopic (exact) mass is 377 g/mol. The van der Waals surface area contributed by atoms with Gasteiger partial charge in [-0.05, 0) is 42.5 Å². The van der Waals surface area contributed by atoms with E-state index in [-0.39, 0.29) is 18.4 Å². The third kappa shape index (κ3) is 5.07. The van der Waals surface area contributed by atoms with Crippen molar-refractivity contribution >= 4 is 23.2 Å². The molecule has 0 radical (unpaired) electrons. The molecule has 0 aliphatic rings. The Morgan fingerprint density at radius 2 is 1.61 bits per heavy atom. The molecule has 1 heterocycles. The normalized spacial score (nSPS) is 10.0. The van der Waals surface area contributed by atoms with E-state index < -0.39 is 0 Å². The maximum Gasteiger partial charge on any atom is 0.274 e. The molecule has 2 amide bonds. The first-order valence-corrected chi connectivity index (χ1v) is 8.54. The molecule has 3 aromatic rings.